The fourth-order valence-corrected chi connectivity index (χ4v) is 1.37. The maximum Gasteiger partial charge on any atom is 0.339 e. The monoisotopic (exact) mass is 236 g/mol. The van der Waals surface area contributed by atoms with E-state index in [9.17, 15) is 9.59 Å². The van der Waals surface area contributed by atoms with Crippen molar-refractivity contribution in [2.75, 3.05) is 5.73 Å². The third kappa shape index (κ3) is 2.96. The van der Waals surface area contributed by atoms with Crippen LogP contribution in [0, 0.1) is 13.8 Å². The highest BCUT2D eigenvalue weighted by atomic mass is 16.5. The zero-order chi connectivity index (χ0) is 13.2. The molecule has 1 aromatic rings. The van der Waals surface area contributed by atoms with E-state index in [0.717, 1.165) is 11.1 Å². The van der Waals surface area contributed by atoms with Crippen molar-refractivity contribution in [1.82, 2.24) is 0 Å². The molecule has 0 saturated heterocycles. The summed E-state index contributed by atoms with van der Waals surface area (Å²) in [7, 11) is 0. The van der Waals surface area contributed by atoms with E-state index in [4.69, 9.17) is 16.2 Å². The summed E-state index contributed by atoms with van der Waals surface area (Å²) in [5.74, 6) is -1.28. The summed E-state index contributed by atoms with van der Waals surface area (Å²) >= 11 is 0. The highest BCUT2D eigenvalue weighted by Crippen LogP contribution is 2.19. The van der Waals surface area contributed by atoms with Crippen LogP contribution in [0.25, 0.3) is 0 Å². The average molecular weight is 236 g/mol. The maximum atomic E-state index is 11.8. The predicted molar refractivity (Wildman–Crippen MR) is 64.4 cm³/mol. The van der Waals surface area contributed by atoms with E-state index in [-0.39, 0.29) is 0 Å². The first kappa shape index (κ1) is 13.0. The number of nitrogens with two attached hydrogens (primary N) is 2. The summed E-state index contributed by atoms with van der Waals surface area (Å²) in [6, 6.07) is 3.33. The zero-order valence-corrected chi connectivity index (χ0v) is 10.1. The van der Waals surface area contributed by atoms with Crippen molar-refractivity contribution in [3.8, 4) is 0 Å². The van der Waals surface area contributed by atoms with Gasteiger partial charge < -0.3 is 16.2 Å². The Morgan fingerprint density at radius 3 is 2.35 bits per heavy atom. The molecule has 0 fully saturated rings. The van der Waals surface area contributed by atoms with Crippen molar-refractivity contribution < 1.29 is 14.3 Å². The second-order valence-electron chi connectivity index (χ2n) is 3.97. The summed E-state index contributed by atoms with van der Waals surface area (Å²) in [6.07, 6.45) is -0.954. The van der Waals surface area contributed by atoms with Crippen LogP contribution >= 0.6 is 0 Å². The number of benzene rings is 1. The highest BCUT2D eigenvalue weighted by molar-refractivity contribution is 5.94. The van der Waals surface area contributed by atoms with Crippen LogP contribution in [0.5, 0.6) is 0 Å². The molecule has 0 spiro atoms. The Kier molecular flexibility index (Phi) is 3.73. The minimum atomic E-state index is -0.954. The standard InChI is InChI=1S/C12H16N2O3/c1-6-4-7(2)10(13)5-9(6)12(16)17-8(3)11(14)15/h4-5,8H,13H2,1-3H3,(H2,14,15). The third-order valence-electron chi connectivity index (χ3n) is 2.52. The fourth-order valence-electron chi connectivity index (χ4n) is 1.37. The minimum absolute atomic E-state index is 0.348. The Balaban J connectivity index is 2.97. The smallest absolute Gasteiger partial charge is 0.339 e. The Hall–Kier alpha value is -2.04. The highest BCUT2D eigenvalue weighted by Gasteiger charge is 2.18. The van der Waals surface area contributed by atoms with E-state index >= 15 is 0 Å². The van der Waals surface area contributed by atoms with Gasteiger partial charge in [0.2, 0.25) is 0 Å². The Morgan fingerprint density at radius 2 is 1.82 bits per heavy atom. The van der Waals surface area contributed by atoms with E-state index in [1.54, 1.807) is 19.1 Å². The molecule has 1 atom stereocenters. The first-order chi connectivity index (χ1) is 7.82. The second kappa shape index (κ2) is 4.86. The molecule has 4 N–H and O–H groups in total. The Bertz CT molecular complexity index is 469. The summed E-state index contributed by atoms with van der Waals surface area (Å²) in [6.45, 7) is 5.05. The van der Waals surface area contributed by atoms with Gasteiger partial charge in [-0.15, -0.1) is 0 Å². The number of anilines is 1. The molecule has 17 heavy (non-hydrogen) atoms. The second-order valence-corrected chi connectivity index (χ2v) is 3.97. The molecule has 0 aliphatic heterocycles. The number of nitrogen functional groups attached to an aromatic ring is 1. The molecule has 0 bridgehead atoms. The fraction of sp³-hybridized carbons (Fsp3) is 0.333. The van der Waals surface area contributed by atoms with E-state index in [0.29, 0.717) is 11.3 Å². The number of ether oxygens (including phenoxy) is 1. The molecule has 0 aliphatic carbocycles. The lowest BCUT2D eigenvalue weighted by atomic mass is 10.0. The number of carbonyl (C=O) groups is 2. The number of primary amides is 1. The predicted octanol–water partition coefficient (Wildman–Crippen LogP) is 0.916. The van der Waals surface area contributed by atoms with Gasteiger partial charge in [0.05, 0.1) is 5.56 Å². The van der Waals surface area contributed by atoms with Gasteiger partial charge in [0, 0.05) is 5.69 Å². The molecule has 1 unspecified atom stereocenters. The number of esters is 1. The summed E-state index contributed by atoms with van der Waals surface area (Å²) in [5, 5.41) is 0. The number of hydrogen-bond acceptors (Lipinski definition) is 4. The molecule has 0 saturated carbocycles. The van der Waals surface area contributed by atoms with Crippen LogP contribution in [0.4, 0.5) is 5.69 Å². The van der Waals surface area contributed by atoms with E-state index in [1.807, 2.05) is 6.92 Å². The molecule has 0 heterocycles. The molecule has 5 heteroatoms. The summed E-state index contributed by atoms with van der Waals surface area (Å²) in [5.41, 5.74) is 13.2. The van der Waals surface area contributed by atoms with Gasteiger partial charge in [-0.05, 0) is 38.0 Å². The van der Waals surface area contributed by atoms with Crippen LogP contribution in [0.2, 0.25) is 0 Å². The number of carbonyl (C=O) groups excluding carboxylic acids is 2. The molecule has 5 nitrogen and oxygen atoms in total. The van der Waals surface area contributed by atoms with Gasteiger partial charge in [0.15, 0.2) is 6.10 Å². The lowest BCUT2D eigenvalue weighted by Crippen LogP contribution is -2.30. The zero-order valence-electron chi connectivity index (χ0n) is 10.1. The van der Waals surface area contributed by atoms with Crippen molar-refractivity contribution in [2.24, 2.45) is 5.73 Å². The maximum absolute atomic E-state index is 11.8. The minimum Gasteiger partial charge on any atom is -0.449 e. The van der Waals surface area contributed by atoms with Gasteiger partial charge in [0.1, 0.15) is 0 Å². The van der Waals surface area contributed by atoms with Crippen molar-refractivity contribution in [3.63, 3.8) is 0 Å². The van der Waals surface area contributed by atoms with E-state index in [1.165, 1.54) is 6.92 Å². The molecule has 0 aromatic heterocycles. The van der Waals surface area contributed by atoms with Crippen LogP contribution in [-0.2, 0) is 9.53 Å². The van der Waals surface area contributed by atoms with Crippen molar-refractivity contribution in [1.29, 1.82) is 0 Å². The topological polar surface area (TPSA) is 95.4 Å². The normalized spacial score (nSPS) is 11.9. The van der Waals surface area contributed by atoms with Gasteiger partial charge >= 0.3 is 5.97 Å². The molecule has 1 rings (SSSR count). The largest absolute Gasteiger partial charge is 0.449 e. The van der Waals surface area contributed by atoms with Gasteiger partial charge in [-0.1, -0.05) is 6.07 Å². The first-order valence-corrected chi connectivity index (χ1v) is 5.20. The van der Waals surface area contributed by atoms with Gasteiger partial charge in [-0.2, -0.15) is 0 Å². The number of rotatable bonds is 3. The van der Waals surface area contributed by atoms with Crippen molar-refractivity contribution in [3.05, 3.63) is 28.8 Å². The van der Waals surface area contributed by atoms with Gasteiger partial charge in [0.25, 0.3) is 5.91 Å². The summed E-state index contributed by atoms with van der Waals surface area (Å²) < 4.78 is 4.90. The molecule has 1 aromatic carbocycles. The molecular weight excluding hydrogens is 220 g/mol. The SMILES string of the molecule is Cc1cc(C)c(C(=O)OC(C)C(N)=O)cc1N. The quantitative estimate of drug-likeness (QED) is 0.602. The summed E-state index contributed by atoms with van der Waals surface area (Å²) in [4.78, 5) is 22.6. The average Bonchev–Trinajstić information content (AvgIpc) is 2.22. The lowest BCUT2D eigenvalue weighted by molar-refractivity contribution is -0.125. The number of aryl methyl sites for hydroxylation is 2. The third-order valence-corrected chi connectivity index (χ3v) is 2.52. The molecule has 92 valence electrons. The molecule has 1 amide bonds. The van der Waals surface area contributed by atoms with Crippen LogP contribution in [-0.4, -0.2) is 18.0 Å². The van der Waals surface area contributed by atoms with Crippen LogP contribution in [0.3, 0.4) is 0 Å². The first-order valence-electron chi connectivity index (χ1n) is 5.20. The number of hydrogen-bond donors (Lipinski definition) is 2. The van der Waals surface area contributed by atoms with Gasteiger partial charge in [-0.3, -0.25) is 4.79 Å². The van der Waals surface area contributed by atoms with Crippen LogP contribution < -0.4 is 11.5 Å². The Labute approximate surface area is 99.7 Å². The van der Waals surface area contributed by atoms with Gasteiger partial charge in [-0.25, -0.2) is 4.79 Å². The van der Waals surface area contributed by atoms with E-state index in [2.05, 4.69) is 0 Å². The van der Waals surface area contributed by atoms with E-state index < -0.39 is 18.0 Å². The lowest BCUT2D eigenvalue weighted by Gasteiger charge is -2.12. The Morgan fingerprint density at radius 1 is 1.24 bits per heavy atom. The molecule has 0 aliphatic rings. The molecular formula is C12H16N2O3. The van der Waals surface area contributed by atoms with Crippen molar-refractivity contribution in [2.45, 2.75) is 26.9 Å². The number of amides is 1. The van der Waals surface area contributed by atoms with Crippen LogP contribution in [0.15, 0.2) is 12.1 Å². The van der Waals surface area contributed by atoms with Crippen molar-refractivity contribution >= 4 is 17.6 Å². The molecule has 0 radical (unpaired) electrons. The van der Waals surface area contributed by atoms with Crippen LogP contribution in [0.1, 0.15) is 28.4 Å².